The summed E-state index contributed by atoms with van der Waals surface area (Å²) >= 11 is 12.7. The Morgan fingerprint density at radius 1 is 0.690 bits per heavy atom. The fraction of sp³-hybridized carbons (Fsp3) is 0.447. The zero-order valence-corrected chi connectivity index (χ0v) is 45.1. The minimum atomic E-state index is -2.86. The summed E-state index contributed by atoms with van der Waals surface area (Å²) in [7, 11) is -2.56. The van der Waals surface area contributed by atoms with Crippen molar-refractivity contribution in [3.63, 3.8) is 0 Å². The van der Waals surface area contributed by atoms with Crippen LogP contribution in [0.5, 0.6) is 0 Å². The third kappa shape index (κ3) is 9.75. The first-order chi connectivity index (χ1) is 33.8. The molecule has 3 saturated heterocycles. The Balaban J connectivity index is 1.16. The minimum absolute atomic E-state index is 0.0493. The van der Waals surface area contributed by atoms with E-state index in [1.807, 2.05) is 71.0 Å². The first kappa shape index (κ1) is 50.0. The van der Waals surface area contributed by atoms with Crippen LogP contribution in [0.2, 0.25) is 18.1 Å². The molecule has 4 aromatic heterocycles. The van der Waals surface area contributed by atoms with Crippen LogP contribution >= 0.6 is 12.8 Å². The molecular formula is C47H58N12O7P2S2Si. The molecule has 24 heteroatoms. The van der Waals surface area contributed by atoms with E-state index < -0.39 is 58.0 Å². The van der Waals surface area contributed by atoms with Crippen molar-refractivity contribution < 1.29 is 32.5 Å². The van der Waals surface area contributed by atoms with Crippen molar-refractivity contribution in [1.82, 2.24) is 49.2 Å². The van der Waals surface area contributed by atoms with E-state index >= 15 is 0 Å². The van der Waals surface area contributed by atoms with Gasteiger partial charge in [-0.2, -0.15) is 0 Å². The highest BCUT2D eigenvalue weighted by Crippen LogP contribution is 2.51. The maximum absolute atomic E-state index is 14.7. The number of amides is 2. The second-order valence-corrected chi connectivity index (χ2v) is 33.4. The van der Waals surface area contributed by atoms with Crippen molar-refractivity contribution in [2.75, 3.05) is 49.4 Å². The molecule has 0 saturated carbocycles. The van der Waals surface area contributed by atoms with Gasteiger partial charge in [0, 0.05) is 49.5 Å². The van der Waals surface area contributed by atoms with Crippen LogP contribution in [0.3, 0.4) is 0 Å². The van der Waals surface area contributed by atoms with Gasteiger partial charge >= 0.3 is 0 Å². The lowest BCUT2D eigenvalue weighted by Crippen LogP contribution is -2.52. The predicted molar refractivity (Wildman–Crippen MR) is 281 cm³/mol. The summed E-state index contributed by atoms with van der Waals surface area (Å²) in [5.41, 5.74) is 2.52. The predicted octanol–water partition coefficient (Wildman–Crippen LogP) is 7.19. The van der Waals surface area contributed by atoms with Crippen LogP contribution in [0.1, 0.15) is 60.9 Å². The Morgan fingerprint density at radius 2 is 1.14 bits per heavy atom. The van der Waals surface area contributed by atoms with Gasteiger partial charge in [-0.1, -0.05) is 99.9 Å². The lowest BCUT2D eigenvalue weighted by atomic mass is 10.00. The Bertz CT molecular complexity index is 3110. The van der Waals surface area contributed by atoms with Gasteiger partial charge in [-0.3, -0.25) is 38.7 Å². The van der Waals surface area contributed by atoms with Gasteiger partial charge in [-0.15, -0.1) is 0 Å². The number of rotatable bonds is 4. The highest BCUT2D eigenvalue weighted by molar-refractivity contribution is 8.11. The first-order valence-corrected chi connectivity index (χ1v) is 32.8. The van der Waals surface area contributed by atoms with Crippen LogP contribution in [0.25, 0.3) is 22.3 Å². The number of fused-ring (bicyclic) bond motifs is 10. The molecule has 14 bridgehead atoms. The highest BCUT2D eigenvalue weighted by Gasteiger charge is 2.53. The van der Waals surface area contributed by atoms with Gasteiger partial charge < -0.3 is 22.9 Å². The number of hydrogen-bond donors (Lipinski definition) is 2. The summed E-state index contributed by atoms with van der Waals surface area (Å²) in [6.07, 6.45) is 0.999. The quantitative estimate of drug-likeness (QED) is 0.102. The molecule has 10 atom stereocenters. The minimum Gasteiger partial charge on any atom is -0.408 e. The molecule has 71 heavy (non-hydrogen) atoms. The van der Waals surface area contributed by atoms with Crippen LogP contribution in [0.4, 0.5) is 11.6 Å². The normalized spacial score (nSPS) is 30.1. The van der Waals surface area contributed by atoms with Gasteiger partial charge in [-0.05, 0) is 42.4 Å². The van der Waals surface area contributed by atoms with Crippen molar-refractivity contribution in [1.29, 1.82) is 0 Å². The molecule has 374 valence electrons. The number of ether oxygens (including phenoxy) is 2. The standard InChI is InChI=1S/C47H58N12O7P2S2Si/c1-29-34-32-23-62-68(6,70)55-35-33(24-63-67(5,69)54-34)65-46(38(35)66-71(7,8)47(2,3)4)59-28-53-37-40(49-26-51-42(37)59)57(44(61)31-19-13-10-14-20-31)22-16-15-21-56(43(60)30-17-11-9-12-18-30)39-36-41(50-25-48-39)58(27-52-36)45(29)64-32/h9-20,25-29,32-35,38,45-46H,21-24H2,1-8H3,(H,54,69)(H,55,70)/b16-15+/t29-,32-,33-,34+,35-,38-,45-,46-,67?,68?/m1/s1. The van der Waals surface area contributed by atoms with E-state index in [0.29, 0.717) is 39.3 Å². The molecule has 11 rings (SSSR count). The van der Waals surface area contributed by atoms with Crippen LogP contribution in [-0.2, 0) is 46.6 Å². The number of aromatic nitrogens is 8. The van der Waals surface area contributed by atoms with Gasteiger partial charge in [-0.25, -0.2) is 29.9 Å². The maximum atomic E-state index is 14.7. The van der Waals surface area contributed by atoms with E-state index in [-0.39, 0.29) is 60.9 Å². The van der Waals surface area contributed by atoms with E-state index in [4.69, 9.17) is 71.5 Å². The molecule has 0 spiro atoms. The molecule has 3 fully saturated rings. The summed E-state index contributed by atoms with van der Waals surface area (Å²) in [6, 6.07) is 17.1. The van der Waals surface area contributed by atoms with E-state index in [9.17, 15) is 9.59 Å². The first-order valence-electron chi connectivity index (χ1n) is 23.5. The SMILES string of the molecule is C[C@@H]1[C@@H]2NP(C)(=S)OC[C@H]3O[C@@H]4[C@H](O[Si](C)(C)C(C)(C)C)[C@@H]3NP(C)(=S)OC[C@H]2O[C@H]1n1cnc2c(ncnc21)N(C(=O)c1ccccc1)C/C=C/CN(C(=O)c1ccccc1)c1ncnc2c1ncn24. The summed E-state index contributed by atoms with van der Waals surface area (Å²) in [5.74, 6) is -0.281. The van der Waals surface area contributed by atoms with Crippen LogP contribution < -0.4 is 20.0 Å². The zero-order valence-electron chi connectivity index (χ0n) is 40.7. The van der Waals surface area contributed by atoms with E-state index in [2.05, 4.69) is 55.9 Å². The van der Waals surface area contributed by atoms with Crippen molar-refractivity contribution >= 4 is 90.5 Å². The topological polar surface area (TPSA) is 198 Å². The van der Waals surface area contributed by atoms with Gasteiger partial charge in [0.2, 0.25) is 0 Å². The molecule has 19 nitrogen and oxygen atoms in total. The number of imidazole rings is 2. The van der Waals surface area contributed by atoms with Gasteiger partial charge in [0.15, 0.2) is 48.5 Å². The van der Waals surface area contributed by atoms with Gasteiger partial charge in [0.1, 0.15) is 43.9 Å². The largest absolute Gasteiger partial charge is 0.408 e. The summed E-state index contributed by atoms with van der Waals surface area (Å²) in [4.78, 5) is 61.0. The number of anilines is 2. The molecular weight excluding hydrogens is 999 g/mol. The van der Waals surface area contributed by atoms with Gasteiger partial charge in [0.25, 0.3) is 11.8 Å². The smallest absolute Gasteiger partial charge is 0.259 e. The number of hydrogen-bond acceptors (Lipinski definition) is 15. The monoisotopic (exact) mass is 1060 g/mol. The number of benzene rings is 2. The molecule has 2 unspecified atom stereocenters. The fourth-order valence-electron chi connectivity index (χ4n) is 9.33. The van der Waals surface area contributed by atoms with E-state index in [0.717, 1.165) is 0 Å². The molecule has 2 N–H and O–H groups in total. The second kappa shape index (κ2) is 19.4. The third-order valence-corrected chi connectivity index (χ3v) is 22.6. The van der Waals surface area contributed by atoms with Gasteiger partial charge in [0.05, 0.1) is 38.0 Å². The van der Waals surface area contributed by atoms with Crippen LogP contribution in [0.15, 0.2) is 98.1 Å². The number of nitrogens with one attached hydrogen (secondary N) is 2. The van der Waals surface area contributed by atoms with Crippen molar-refractivity contribution in [3.8, 4) is 0 Å². The Morgan fingerprint density at radius 3 is 1.63 bits per heavy atom. The summed E-state index contributed by atoms with van der Waals surface area (Å²) in [6.45, 7) is 17.2. The lowest BCUT2D eigenvalue weighted by molar-refractivity contribution is -0.0426. The summed E-state index contributed by atoms with van der Waals surface area (Å²) < 4.78 is 38.8. The van der Waals surface area contributed by atoms with Crippen LogP contribution in [0, 0.1) is 5.92 Å². The molecule has 6 aromatic rings. The Kier molecular flexibility index (Phi) is 13.7. The van der Waals surface area contributed by atoms with E-state index in [1.54, 1.807) is 46.7 Å². The molecule has 0 aliphatic carbocycles. The average molecular weight is 1060 g/mol. The van der Waals surface area contributed by atoms with Crippen molar-refractivity contribution in [2.45, 2.75) is 88.7 Å². The highest BCUT2D eigenvalue weighted by atomic mass is 32.5. The average Bonchev–Trinajstić information content (AvgIpc) is 4.12. The number of carbonyl (C=O) groups is 2. The number of carbonyl (C=O) groups excluding carboxylic acids is 2. The summed E-state index contributed by atoms with van der Waals surface area (Å²) in [5, 5.41) is 7.28. The maximum Gasteiger partial charge on any atom is 0.259 e. The second-order valence-electron chi connectivity index (χ2n) is 20.0. The Labute approximate surface area is 423 Å². The number of nitrogens with zero attached hydrogens (tertiary/aromatic N) is 10. The molecule has 2 aromatic carbocycles. The van der Waals surface area contributed by atoms with Crippen molar-refractivity contribution in [3.05, 3.63) is 109 Å². The molecule has 2 amide bonds. The molecule has 5 aliphatic heterocycles. The molecule has 9 heterocycles. The lowest BCUT2D eigenvalue weighted by Gasteiger charge is -2.41. The Hall–Kier alpha value is -4.54. The fourth-order valence-corrected chi connectivity index (χ4v) is 14.5. The molecule has 0 radical (unpaired) electrons. The molecule has 5 aliphatic rings. The van der Waals surface area contributed by atoms with Crippen LogP contribution in [-0.4, -0.2) is 129 Å². The third-order valence-electron chi connectivity index (χ3n) is 14.1. The van der Waals surface area contributed by atoms with E-state index in [1.165, 1.54) is 12.7 Å². The van der Waals surface area contributed by atoms with Crippen molar-refractivity contribution in [2.24, 2.45) is 5.92 Å². The zero-order chi connectivity index (χ0) is 50.0.